The first kappa shape index (κ1) is 19.4. The van der Waals surface area contributed by atoms with E-state index in [2.05, 4.69) is 4.74 Å². The summed E-state index contributed by atoms with van der Waals surface area (Å²) in [6, 6.07) is 12.8. The van der Waals surface area contributed by atoms with Crippen molar-refractivity contribution in [3.05, 3.63) is 64.7 Å². The Hall–Kier alpha value is -2.90. The third-order valence-corrected chi connectivity index (χ3v) is 3.73. The van der Waals surface area contributed by atoms with Gasteiger partial charge in [-0.1, -0.05) is 11.6 Å². The number of hydrogen-bond acceptors (Lipinski definition) is 5. The van der Waals surface area contributed by atoms with E-state index in [0.29, 0.717) is 21.8 Å². The van der Waals surface area contributed by atoms with Crippen LogP contribution in [0.25, 0.3) is 0 Å². The van der Waals surface area contributed by atoms with Crippen molar-refractivity contribution >= 4 is 35.3 Å². The van der Waals surface area contributed by atoms with Crippen molar-refractivity contribution in [1.29, 1.82) is 0 Å². The maximum Gasteiger partial charge on any atom is 0.423 e. The molecule has 0 unspecified atom stereocenters. The number of carbonyl (C=O) groups is 3. The van der Waals surface area contributed by atoms with E-state index >= 15 is 0 Å². The van der Waals surface area contributed by atoms with E-state index in [9.17, 15) is 14.4 Å². The van der Waals surface area contributed by atoms with Crippen LogP contribution in [0.2, 0.25) is 5.02 Å². The highest BCUT2D eigenvalue weighted by Crippen LogP contribution is 2.19. The number of primary amides is 1. The van der Waals surface area contributed by atoms with Gasteiger partial charge in [-0.2, -0.15) is 0 Å². The van der Waals surface area contributed by atoms with Gasteiger partial charge in [0.05, 0.1) is 13.2 Å². The molecule has 2 aromatic carbocycles. The molecule has 7 nitrogen and oxygen atoms in total. The normalized spacial score (nSPS) is 10.2. The number of ether oxygens (including phenoxy) is 2. The molecule has 0 radical (unpaired) electrons. The van der Waals surface area contributed by atoms with Gasteiger partial charge in [-0.05, 0) is 48.5 Å². The minimum absolute atomic E-state index is 0.146. The Labute approximate surface area is 155 Å². The number of methoxy groups -OCH3 is 1. The van der Waals surface area contributed by atoms with Crippen molar-refractivity contribution in [1.82, 2.24) is 0 Å². The highest BCUT2D eigenvalue weighted by atomic mass is 35.5. The van der Waals surface area contributed by atoms with Crippen LogP contribution in [0.4, 0.5) is 15.3 Å². The minimum Gasteiger partial charge on any atom is -0.383 e. The smallest absolute Gasteiger partial charge is 0.383 e. The first-order chi connectivity index (χ1) is 12.4. The fourth-order valence-corrected chi connectivity index (χ4v) is 2.34. The number of rotatable bonds is 6. The quantitative estimate of drug-likeness (QED) is 0.616. The zero-order chi connectivity index (χ0) is 19.1. The number of benzene rings is 2. The number of hydrogen-bond donors (Lipinski definition) is 1. The van der Waals surface area contributed by atoms with Crippen LogP contribution in [0.3, 0.4) is 0 Å². The number of carbonyl (C=O) groups excluding carboxylic acids is 3. The van der Waals surface area contributed by atoms with Gasteiger partial charge in [-0.3, -0.25) is 9.69 Å². The molecular weight excluding hydrogens is 360 g/mol. The zero-order valence-electron chi connectivity index (χ0n) is 14.0. The van der Waals surface area contributed by atoms with Gasteiger partial charge in [0.25, 0.3) is 0 Å². The molecule has 8 heteroatoms. The van der Waals surface area contributed by atoms with Gasteiger partial charge in [0, 0.05) is 28.9 Å². The average Bonchev–Trinajstić information content (AvgIpc) is 2.62. The van der Waals surface area contributed by atoms with Crippen LogP contribution in [0.5, 0.6) is 0 Å². The zero-order valence-corrected chi connectivity index (χ0v) is 14.7. The van der Waals surface area contributed by atoms with Crippen molar-refractivity contribution in [2.24, 2.45) is 5.73 Å². The Bertz CT molecular complexity index is 790. The lowest BCUT2D eigenvalue weighted by molar-refractivity contribution is 0.103. The lowest BCUT2D eigenvalue weighted by Gasteiger charge is -2.21. The molecule has 0 spiro atoms. The molecule has 0 aliphatic carbocycles. The van der Waals surface area contributed by atoms with Gasteiger partial charge in [0.15, 0.2) is 5.78 Å². The highest BCUT2D eigenvalue weighted by molar-refractivity contribution is 6.30. The largest absolute Gasteiger partial charge is 0.423 e. The van der Waals surface area contributed by atoms with E-state index in [1.165, 1.54) is 12.0 Å². The Balaban J connectivity index is 2.21. The molecule has 0 aliphatic heterocycles. The van der Waals surface area contributed by atoms with E-state index in [-0.39, 0.29) is 18.9 Å². The van der Waals surface area contributed by atoms with Crippen LogP contribution >= 0.6 is 11.6 Å². The van der Waals surface area contributed by atoms with Crippen molar-refractivity contribution in [2.45, 2.75) is 0 Å². The van der Waals surface area contributed by atoms with Gasteiger partial charge in [0.2, 0.25) is 0 Å². The van der Waals surface area contributed by atoms with Crippen molar-refractivity contribution in [3.63, 3.8) is 0 Å². The summed E-state index contributed by atoms with van der Waals surface area (Å²) in [5, 5.41) is 0.540. The van der Waals surface area contributed by atoms with E-state index < -0.39 is 12.2 Å². The number of halogens is 1. The molecule has 0 saturated heterocycles. The molecule has 0 atom stereocenters. The second-order valence-corrected chi connectivity index (χ2v) is 5.65. The third-order valence-electron chi connectivity index (χ3n) is 3.47. The summed E-state index contributed by atoms with van der Waals surface area (Å²) >= 11 is 5.82. The molecule has 2 rings (SSSR count). The summed E-state index contributed by atoms with van der Waals surface area (Å²) in [4.78, 5) is 36.5. The van der Waals surface area contributed by atoms with E-state index in [4.69, 9.17) is 22.1 Å². The van der Waals surface area contributed by atoms with Crippen LogP contribution in [-0.2, 0) is 9.47 Å². The minimum atomic E-state index is -1.20. The monoisotopic (exact) mass is 376 g/mol. The summed E-state index contributed by atoms with van der Waals surface area (Å²) in [6.45, 7) is 0.367. The van der Waals surface area contributed by atoms with E-state index in [0.717, 1.165) is 0 Å². The first-order valence-electron chi connectivity index (χ1n) is 7.60. The maximum atomic E-state index is 12.5. The average molecular weight is 377 g/mol. The summed E-state index contributed by atoms with van der Waals surface area (Å²) in [7, 11) is 1.48. The Morgan fingerprint density at radius 1 is 1.00 bits per heavy atom. The fraction of sp³-hybridized carbons (Fsp3) is 0.167. The molecule has 2 aromatic rings. The van der Waals surface area contributed by atoms with E-state index in [1.807, 2.05) is 0 Å². The number of amides is 2. The predicted octanol–water partition coefficient (Wildman–Crippen LogP) is 3.24. The lowest BCUT2D eigenvalue weighted by Crippen LogP contribution is -2.37. The molecule has 0 fully saturated rings. The van der Waals surface area contributed by atoms with Crippen LogP contribution in [0.1, 0.15) is 15.9 Å². The third kappa shape index (κ3) is 5.05. The van der Waals surface area contributed by atoms with Crippen LogP contribution in [-0.4, -0.2) is 38.2 Å². The lowest BCUT2D eigenvalue weighted by atomic mass is 10.0. The molecular formula is C18H17ClN2O5. The molecule has 26 heavy (non-hydrogen) atoms. The summed E-state index contributed by atoms with van der Waals surface area (Å²) in [6.07, 6.45) is -2.13. The first-order valence-corrected chi connectivity index (χ1v) is 7.98. The molecule has 2 N–H and O–H groups in total. The van der Waals surface area contributed by atoms with Gasteiger partial charge in [-0.15, -0.1) is 0 Å². The second kappa shape index (κ2) is 8.98. The van der Waals surface area contributed by atoms with Crippen molar-refractivity contribution in [3.8, 4) is 0 Å². The van der Waals surface area contributed by atoms with E-state index in [1.54, 1.807) is 48.5 Å². The molecule has 2 amide bonds. The molecule has 0 aliphatic rings. The molecule has 0 heterocycles. The summed E-state index contributed by atoms with van der Waals surface area (Å²) in [5.74, 6) is -0.184. The standard InChI is InChI=1S/C18H17ClN2O5/c1-25-11-10-21(18(24)26-17(20)23)15-8-4-13(5-9-15)16(22)12-2-6-14(19)7-3-12/h2-9H,10-11H2,1H3,(H2,20,23). The van der Waals surface area contributed by atoms with Crippen LogP contribution in [0, 0.1) is 0 Å². The van der Waals surface area contributed by atoms with Crippen molar-refractivity contribution in [2.75, 3.05) is 25.2 Å². The van der Waals surface area contributed by atoms with Crippen molar-refractivity contribution < 1.29 is 23.9 Å². The topological polar surface area (TPSA) is 98.9 Å². The van der Waals surface area contributed by atoms with Crippen LogP contribution < -0.4 is 10.6 Å². The summed E-state index contributed by atoms with van der Waals surface area (Å²) in [5.41, 5.74) is 6.24. The highest BCUT2D eigenvalue weighted by Gasteiger charge is 2.20. The number of anilines is 1. The SMILES string of the molecule is COCCN(C(=O)OC(N)=O)c1ccc(C(=O)c2ccc(Cl)cc2)cc1. The van der Waals surface area contributed by atoms with Gasteiger partial charge >= 0.3 is 12.2 Å². The van der Waals surface area contributed by atoms with Gasteiger partial charge in [-0.25, -0.2) is 9.59 Å². The van der Waals surface area contributed by atoms with Gasteiger partial charge < -0.3 is 15.2 Å². The van der Waals surface area contributed by atoms with Crippen LogP contribution in [0.15, 0.2) is 48.5 Å². The maximum absolute atomic E-state index is 12.5. The molecule has 0 bridgehead atoms. The number of nitrogens with two attached hydrogens (primary N) is 1. The summed E-state index contributed by atoms with van der Waals surface area (Å²) < 4.78 is 9.36. The molecule has 0 saturated carbocycles. The second-order valence-electron chi connectivity index (χ2n) is 5.21. The van der Waals surface area contributed by atoms with Gasteiger partial charge in [0.1, 0.15) is 0 Å². The Morgan fingerprint density at radius 3 is 2.04 bits per heavy atom. The molecule has 0 aromatic heterocycles. The Morgan fingerprint density at radius 2 is 1.54 bits per heavy atom. The number of ketones is 1. The number of nitrogens with zero attached hydrogens (tertiary/aromatic N) is 1. The molecule has 136 valence electrons. The Kier molecular flexibility index (Phi) is 6.71. The predicted molar refractivity (Wildman–Crippen MR) is 96.6 cm³/mol. The fourth-order valence-electron chi connectivity index (χ4n) is 2.21.